The molecule has 1 aliphatic heterocycles. The second-order valence-electron chi connectivity index (χ2n) is 3.94. The predicted molar refractivity (Wildman–Crippen MR) is 62.4 cm³/mol. The molecule has 1 saturated heterocycles. The number of hydrogen-bond donors (Lipinski definition) is 2. The molecule has 1 fully saturated rings. The summed E-state index contributed by atoms with van der Waals surface area (Å²) in [4.78, 5) is 18.5. The van der Waals surface area contributed by atoms with E-state index in [2.05, 4.69) is 4.98 Å². The predicted octanol–water partition coefficient (Wildman–Crippen LogP) is 0.631. The zero-order chi connectivity index (χ0) is 11.7. The van der Waals surface area contributed by atoms with Crippen LogP contribution in [0.4, 0.5) is 5.13 Å². The van der Waals surface area contributed by atoms with Crippen molar-refractivity contribution in [2.45, 2.75) is 25.8 Å². The van der Waals surface area contributed by atoms with Crippen LogP contribution in [0.5, 0.6) is 0 Å². The number of aromatic nitrogens is 1. The molecular formula is C10H15N3O2S. The van der Waals surface area contributed by atoms with E-state index in [1.165, 1.54) is 11.3 Å². The maximum Gasteiger partial charge on any atom is 0.266 e. The molecule has 1 aliphatic rings. The molecule has 0 unspecified atom stereocenters. The highest BCUT2D eigenvalue weighted by atomic mass is 32.1. The molecule has 0 saturated carbocycles. The quantitative estimate of drug-likeness (QED) is 0.796. The van der Waals surface area contributed by atoms with Crippen molar-refractivity contribution in [3.8, 4) is 0 Å². The first-order chi connectivity index (χ1) is 7.63. The highest BCUT2D eigenvalue weighted by molar-refractivity contribution is 7.17. The fraction of sp³-hybridized carbons (Fsp3) is 0.600. The van der Waals surface area contributed by atoms with E-state index in [0.29, 0.717) is 22.2 Å². The second-order valence-corrected chi connectivity index (χ2v) is 4.97. The molecule has 0 radical (unpaired) electrons. The molecule has 6 heteroatoms. The van der Waals surface area contributed by atoms with E-state index in [9.17, 15) is 9.90 Å². The third-order valence-electron chi connectivity index (χ3n) is 2.86. The Morgan fingerprint density at radius 1 is 1.75 bits per heavy atom. The number of aryl methyl sites for hydroxylation is 1. The number of rotatable bonds is 2. The van der Waals surface area contributed by atoms with E-state index < -0.39 is 0 Å². The van der Waals surface area contributed by atoms with E-state index in [1.54, 1.807) is 11.8 Å². The van der Waals surface area contributed by atoms with E-state index >= 15 is 0 Å². The largest absolute Gasteiger partial charge is 0.394 e. The Morgan fingerprint density at radius 2 is 2.50 bits per heavy atom. The van der Waals surface area contributed by atoms with Crippen molar-refractivity contribution in [1.29, 1.82) is 0 Å². The maximum atomic E-state index is 12.2. The van der Waals surface area contributed by atoms with E-state index in [-0.39, 0.29) is 18.6 Å². The molecule has 1 aromatic heterocycles. The smallest absolute Gasteiger partial charge is 0.266 e. The summed E-state index contributed by atoms with van der Waals surface area (Å²) in [5, 5.41) is 9.59. The van der Waals surface area contributed by atoms with Gasteiger partial charge in [0, 0.05) is 6.54 Å². The van der Waals surface area contributed by atoms with Gasteiger partial charge < -0.3 is 15.7 Å². The third kappa shape index (κ3) is 1.90. The lowest BCUT2D eigenvalue weighted by atomic mass is 10.2. The second kappa shape index (κ2) is 4.39. The van der Waals surface area contributed by atoms with Gasteiger partial charge in [0.15, 0.2) is 5.13 Å². The van der Waals surface area contributed by atoms with Gasteiger partial charge in [-0.05, 0) is 19.8 Å². The van der Waals surface area contributed by atoms with Crippen LogP contribution in [0, 0.1) is 6.92 Å². The summed E-state index contributed by atoms with van der Waals surface area (Å²) in [6, 6.07) is -0.0461. The minimum Gasteiger partial charge on any atom is -0.394 e. The van der Waals surface area contributed by atoms with E-state index in [1.807, 2.05) is 0 Å². The van der Waals surface area contributed by atoms with Crippen molar-refractivity contribution in [3.05, 3.63) is 10.6 Å². The standard InChI is InChI=1S/C10H15N3O2S/c1-6-8(16-10(11)12-6)9(15)13-4-2-3-7(13)5-14/h7,14H,2-5H2,1H3,(H2,11,12)/t7-/m1/s1. The van der Waals surface area contributed by atoms with Crippen molar-refractivity contribution < 1.29 is 9.90 Å². The van der Waals surface area contributed by atoms with Gasteiger partial charge in [0.05, 0.1) is 18.3 Å². The lowest BCUT2D eigenvalue weighted by molar-refractivity contribution is 0.0681. The van der Waals surface area contributed by atoms with Gasteiger partial charge in [-0.15, -0.1) is 0 Å². The van der Waals surface area contributed by atoms with Crippen molar-refractivity contribution in [1.82, 2.24) is 9.88 Å². The Morgan fingerprint density at radius 3 is 3.06 bits per heavy atom. The Hall–Kier alpha value is -1.14. The minimum absolute atomic E-state index is 0.0269. The van der Waals surface area contributed by atoms with Crippen LogP contribution in [-0.4, -0.2) is 40.1 Å². The number of amides is 1. The van der Waals surface area contributed by atoms with Crippen LogP contribution in [0.2, 0.25) is 0 Å². The van der Waals surface area contributed by atoms with Gasteiger partial charge >= 0.3 is 0 Å². The molecular weight excluding hydrogens is 226 g/mol. The number of aliphatic hydroxyl groups excluding tert-OH is 1. The van der Waals surface area contributed by atoms with Gasteiger partial charge in [0.25, 0.3) is 5.91 Å². The Balaban J connectivity index is 2.21. The Labute approximate surface area is 97.9 Å². The number of aliphatic hydroxyl groups is 1. The van der Waals surface area contributed by atoms with Crippen LogP contribution in [0.1, 0.15) is 28.2 Å². The van der Waals surface area contributed by atoms with Crippen LogP contribution < -0.4 is 5.73 Å². The summed E-state index contributed by atoms with van der Waals surface area (Å²) in [6.07, 6.45) is 1.82. The summed E-state index contributed by atoms with van der Waals surface area (Å²) in [5.74, 6) is -0.0525. The number of likely N-dealkylation sites (tertiary alicyclic amines) is 1. The van der Waals surface area contributed by atoms with Crippen molar-refractivity contribution in [3.63, 3.8) is 0 Å². The average Bonchev–Trinajstić information content (AvgIpc) is 2.83. The first-order valence-electron chi connectivity index (χ1n) is 5.28. The van der Waals surface area contributed by atoms with Gasteiger partial charge in [-0.1, -0.05) is 11.3 Å². The molecule has 5 nitrogen and oxygen atoms in total. The SMILES string of the molecule is Cc1nc(N)sc1C(=O)N1CCC[C@@H]1CO. The number of nitrogens with zero attached hydrogens (tertiary/aromatic N) is 2. The topological polar surface area (TPSA) is 79.5 Å². The molecule has 0 aromatic carbocycles. The van der Waals surface area contributed by atoms with Crippen LogP contribution >= 0.6 is 11.3 Å². The Kier molecular flexibility index (Phi) is 3.11. The third-order valence-corrected chi connectivity index (χ3v) is 3.83. The fourth-order valence-electron chi connectivity index (χ4n) is 2.04. The normalized spacial score (nSPS) is 20.4. The number of nitrogens with two attached hydrogens (primary N) is 1. The highest BCUT2D eigenvalue weighted by Gasteiger charge is 2.30. The number of hydrogen-bond acceptors (Lipinski definition) is 5. The molecule has 0 spiro atoms. The van der Waals surface area contributed by atoms with Crippen LogP contribution in [0.15, 0.2) is 0 Å². The highest BCUT2D eigenvalue weighted by Crippen LogP contribution is 2.25. The molecule has 3 N–H and O–H groups in total. The lowest BCUT2D eigenvalue weighted by Gasteiger charge is -2.22. The van der Waals surface area contributed by atoms with Crippen LogP contribution in [0.3, 0.4) is 0 Å². The molecule has 0 aliphatic carbocycles. The number of anilines is 1. The maximum absolute atomic E-state index is 12.2. The molecule has 88 valence electrons. The first-order valence-corrected chi connectivity index (χ1v) is 6.10. The van der Waals surface area contributed by atoms with Crippen LogP contribution in [0.25, 0.3) is 0 Å². The van der Waals surface area contributed by atoms with Crippen molar-refractivity contribution in [2.75, 3.05) is 18.9 Å². The molecule has 1 atom stereocenters. The van der Waals surface area contributed by atoms with Gasteiger partial charge in [-0.25, -0.2) is 4.98 Å². The van der Waals surface area contributed by atoms with E-state index in [0.717, 1.165) is 12.8 Å². The first kappa shape index (κ1) is 11.3. The zero-order valence-electron chi connectivity index (χ0n) is 9.14. The monoisotopic (exact) mass is 241 g/mol. The van der Waals surface area contributed by atoms with Gasteiger partial charge in [0.2, 0.25) is 0 Å². The molecule has 1 aromatic rings. The number of thiazole rings is 1. The number of carbonyl (C=O) groups excluding carboxylic acids is 1. The minimum atomic E-state index is -0.0525. The molecule has 0 bridgehead atoms. The Bertz CT molecular complexity index is 405. The van der Waals surface area contributed by atoms with Gasteiger partial charge in [-0.2, -0.15) is 0 Å². The lowest BCUT2D eigenvalue weighted by Crippen LogP contribution is -2.37. The molecule has 2 heterocycles. The summed E-state index contributed by atoms with van der Waals surface area (Å²) in [5.41, 5.74) is 6.25. The van der Waals surface area contributed by atoms with Gasteiger partial charge in [0.1, 0.15) is 4.88 Å². The summed E-state index contributed by atoms with van der Waals surface area (Å²) in [6.45, 7) is 2.52. The zero-order valence-corrected chi connectivity index (χ0v) is 9.96. The average molecular weight is 241 g/mol. The van der Waals surface area contributed by atoms with Crippen molar-refractivity contribution >= 4 is 22.4 Å². The molecule has 1 amide bonds. The van der Waals surface area contributed by atoms with Gasteiger partial charge in [-0.3, -0.25) is 4.79 Å². The molecule has 16 heavy (non-hydrogen) atoms. The summed E-state index contributed by atoms with van der Waals surface area (Å²) >= 11 is 1.22. The number of nitrogen functional groups attached to an aromatic ring is 1. The van der Waals surface area contributed by atoms with Crippen molar-refractivity contribution in [2.24, 2.45) is 0 Å². The van der Waals surface area contributed by atoms with Crippen LogP contribution in [-0.2, 0) is 0 Å². The number of carbonyl (C=O) groups is 1. The summed E-state index contributed by atoms with van der Waals surface area (Å²) in [7, 11) is 0. The summed E-state index contributed by atoms with van der Waals surface area (Å²) < 4.78 is 0. The molecule has 2 rings (SSSR count). The van der Waals surface area contributed by atoms with E-state index in [4.69, 9.17) is 5.73 Å². The fourth-order valence-corrected chi connectivity index (χ4v) is 2.83.